The molecule has 0 saturated carbocycles. The van der Waals surface area contributed by atoms with E-state index in [0.29, 0.717) is 45.7 Å². The lowest BCUT2D eigenvalue weighted by Crippen LogP contribution is -2.35. The number of rotatable bonds is 7. The normalized spacial score (nSPS) is 10.8. The minimum Gasteiger partial charge on any atom is -0.497 e. The lowest BCUT2D eigenvalue weighted by Gasteiger charge is -2.23. The summed E-state index contributed by atoms with van der Waals surface area (Å²) in [7, 11) is 3.12. The van der Waals surface area contributed by atoms with E-state index in [1.54, 1.807) is 55.5 Å². The highest BCUT2D eigenvalue weighted by Gasteiger charge is 2.20. The predicted molar refractivity (Wildman–Crippen MR) is 110 cm³/mol. The Balaban J connectivity index is 1.94. The SMILES string of the molecule is COCCN(Cc1nc2ccccc2c(=O)[nH]1)C(=O)c1cc(OC)ccc1Br. The molecule has 0 aliphatic rings. The van der Waals surface area contributed by atoms with Crippen LogP contribution in [0.5, 0.6) is 5.75 Å². The highest BCUT2D eigenvalue weighted by Crippen LogP contribution is 2.24. The topological polar surface area (TPSA) is 84.5 Å². The molecule has 0 radical (unpaired) electrons. The van der Waals surface area contributed by atoms with Gasteiger partial charge in [0, 0.05) is 18.1 Å². The van der Waals surface area contributed by atoms with Gasteiger partial charge in [-0.2, -0.15) is 0 Å². The summed E-state index contributed by atoms with van der Waals surface area (Å²) in [6, 6.07) is 12.3. The largest absolute Gasteiger partial charge is 0.497 e. The lowest BCUT2D eigenvalue weighted by molar-refractivity contribution is 0.0674. The summed E-state index contributed by atoms with van der Waals surface area (Å²) in [4.78, 5) is 34.3. The maximum absolute atomic E-state index is 13.2. The summed E-state index contributed by atoms with van der Waals surface area (Å²) >= 11 is 3.42. The number of aromatic amines is 1. The molecule has 3 rings (SSSR count). The third-order valence-electron chi connectivity index (χ3n) is 4.26. The summed E-state index contributed by atoms with van der Waals surface area (Å²) in [5, 5.41) is 0.511. The first kappa shape index (κ1) is 20.0. The van der Waals surface area contributed by atoms with Crippen LogP contribution in [0.25, 0.3) is 10.9 Å². The molecule has 7 nitrogen and oxygen atoms in total. The van der Waals surface area contributed by atoms with Crippen LogP contribution in [0.3, 0.4) is 0 Å². The number of carbonyl (C=O) groups is 1. The van der Waals surface area contributed by atoms with Crippen molar-refractivity contribution in [2.24, 2.45) is 0 Å². The van der Waals surface area contributed by atoms with E-state index in [9.17, 15) is 9.59 Å². The molecule has 1 N–H and O–H groups in total. The van der Waals surface area contributed by atoms with E-state index in [1.165, 1.54) is 0 Å². The van der Waals surface area contributed by atoms with Gasteiger partial charge in [0.1, 0.15) is 11.6 Å². The predicted octanol–water partition coefficient (Wildman–Crippen LogP) is 2.98. The fraction of sp³-hybridized carbons (Fsp3) is 0.250. The average molecular weight is 446 g/mol. The number of benzene rings is 2. The number of methoxy groups -OCH3 is 2. The highest BCUT2D eigenvalue weighted by atomic mass is 79.9. The number of ether oxygens (including phenoxy) is 2. The Kier molecular flexibility index (Phi) is 6.43. The van der Waals surface area contributed by atoms with Crippen LogP contribution >= 0.6 is 15.9 Å². The van der Waals surface area contributed by atoms with Crippen molar-refractivity contribution in [3.05, 3.63) is 68.7 Å². The van der Waals surface area contributed by atoms with Crippen molar-refractivity contribution >= 4 is 32.7 Å². The summed E-state index contributed by atoms with van der Waals surface area (Å²) in [6.07, 6.45) is 0. The smallest absolute Gasteiger partial charge is 0.258 e. The number of H-pyrrole nitrogens is 1. The van der Waals surface area contributed by atoms with Gasteiger partial charge in [0.25, 0.3) is 11.5 Å². The molecular weight excluding hydrogens is 426 g/mol. The number of nitrogens with zero attached hydrogens (tertiary/aromatic N) is 2. The second-order valence-electron chi connectivity index (χ2n) is 6.10. The first-order chi connectivity index (χ1) is 13.5. The van der Waals surface area contributed by atoms with Gasteiger partial charge in [0.05, 0.1) is 36.7 Å². The summed E-state index contributed by atoms with van der Waals surface area (Å²) in [5.41, 5.74) is 0.809. The fourth-order valence-corrected chi connectivity index (χ4v) is 3.23. The molecule has 0 bridgehead atoms. The molecule has 146 valence electrons. The number of fused-ring (bicyclic) bond motifs is 1. The van der Waals surface area contributed by atoms with E-state index in [-0.39, 0.29) is 18.0 Å². The molecule has 1 amide bonds. The number of amides is 1. The summed E-state index contributed by atoms with van der Waals surface area (Å²) < 4.78 is 11.0. The average Bonchev–Trinajstić information content (AvgIpc) is 2.71. The van der Waals surface area contributed by atoms with Gasteiger partial charge in [-0.25, -0.2) is 4.98 Å². The number of halogens is 1. The molecule has 0 unspecified atom stereocenters. The minimum absolute atomic E-state index is 0.145. The van der Waals surface area contributed by atoms with Gasteiger partial charge < -0.3 is 19.4 Å². The van der Waals surface area contributed by atoms with E-state index >= 15 is 0 Å². The molecule has 3 aromatic rings. The molecule has 0 atom stereocenters. The Hall–Kier alpha value is -2.71. The van der Waals surface area contributed by atoms with E-state index in [1.807, 2.05) is 6.07 Å². The van der Waals surface area contributed by atoms with E-state index < -0.39 is 0 Å². The van der Waals surface area contributed by atoms with Crippen molar-refractivity contribution in [2.75, 3.05) is 27.4 Å². The van der Waals surface area contributed by atoms with Crippen molar-refractivity contribution < 1.29 is 14.3 Å². The zero-order valence-electron chi connectivity index (χ0n) is 15.6. The third-order valence-corrected chi connectivity index (χ3v) is 4.95. The van der Waals surface area contributed by atoms with E-state index in [2.05, 4.69) is 25.9 Å². The molecule has 28 heavy (non-hydrogen) atoms. The quantitative estimate of drug-likeness (QED) is 0.604. The van der Waals surface area contributed by atoms with E-state index in [4.69, 9.17) is 9.47 Å². The Morgan fingerprint density at radius 1 is 1.21 bits per heavy atom. The van der Waals surface area contributed by atoms with Crippen LogP contribution in [0.4, 0.5) is 0 Å². The molecule has 1 heterocycles. The maximum atomic E-state index is 13.2. The van der Waals surface area contributed by atoms with E-state index in [0.717, 1.165) is 0 Å². The number of hydrogen-bond donors (Lipinski definition) is 1. The fourth-order valence-electron chi connectivity index (χ4n) is 2.81. The van der Waals surface area contributed by atoms with Crippen LogP contribution < -0.4 is 10.3 Å². The van der Waals surface area contributed by atoms with Gasteiger partial charge in [-0.15, -0.1) is 0 Å². The van der Waals surface area contributed by atoms with Crippen LogP contribution in [0.15, 0.2) is 51.7 Å². The first-order valence-corrected chi connectivity index (χ1v) is 9.42. The Morgan fingerprint density at radius 3 is 2.75 bits per heavy atom. The maximum Gasteiger partial charge on any atom is 0.258 e. The first-order valence-electron chi connectivity index (χ1n) is 8.63. The van der Waals surface area contributed by atoms with Crippen LogP contribution in [0.2, 0.25) is 0 Å². The number of aromatic nitrogens is 2. The minimum atomic E-state index is -0.234. The molecule has 1 aromatic heterocycles. The number of nitrogens with one attached hydrogen (secondary N) is 1. The van der Waals surface area contributed by atoms with Crippen molar-refractivity contribution in [2.45, 2.75) is 6.54 Å². The van der Waals surface area contributed by atoms with Crippen molar-refractivity contribution in [1.29, 1.82) is 0 Å². The standard InChI is InChI=1S/C20H20BrN3O4/c1-27-10-9-24(20(26)15-11-13(28-2)7-8-16(15)21)12-18-22-17-6-4-3-5-14(17)19(25)23-18/h3-8,11H,9-10,12H2,1-2H3,(H,22,23,25). The summed E-state index contributed by atoms with van der Waals surface area (Å²) in [6.45, 7) is 0.840. The van der Waals surface area contributed by atoms with Crippen molar-refractivity contribution in [1.82, 2.24) is 14.9 Å². The summed E-state index contributed by atoms with van der Waals surface area (Å²) in [5.74, 6) is 0.765. The molecule has 0 spiro atoms. The molecule has 0 fully saturated rings. The van der Waals surface area contributed by atoms with Crippen LogP contribution in [0.1, 0.15) is 16.2 Å². The zero-order chi connectivity index (χ0) is 20.1. The number of hydrogen-bond acceptors (Lipinski definition) is 5. The van der Waals surface area contributed by atoms with Crippen molar-refractivity contribution in [3.63, 3.8) is 0 Å². The van der Waals surface area contributed by atoms with Crippen LogP contribution in [0, 0.1) is 0 Å². The molecule has 2 aromatic carbocycles. The number of para-hydroxylation sites is 1. The monoisotopic (exact) mass is 445 g/mol. The Bertz CT molecular complexity index is 1050. The van der Waals surface area contributed by atoms with Crippen molar-refractivity contribution in [3.8, 4) is 5.75 Å². The van der Waals surface area contributed by atoms with Gasteiger partial charge in [-0.1, -0.05) is 12.1 Å². The molecular formula is C20H20BrN3O4. The molecule has 0 aliphatic carbocycles. The van der Waals surface area contributed by atoms with Crippen LogP contribution in [-0.4, -0.2) is 48.1 Å². The Morgan fingerprint density at radius 2 is 2.00 bits per heavy atom. The molecule has 0 aliphatic heterocycles. The van der Waals surface area contributed by atoms with Gasteiger partial charge >= 0.3 is 0 Å². The number of carbonyl (C=O) groups excluding carboxylic acids is 1. The Labute approximate surface area is 170 Å². The van der Waals surface area contributed by atoms with Gasteiger partial charge in [-0.05, 0) is 46.3 Å². The van der Waals surface area contributed by atoms with Crippen LogP contribution in [-0.2, 0) is 11.3 Å². The third kappa shape index (κ3) is 4.40. The molecule has 0 saturated heterocycles. The van der Waals surface area contributed by atoms with Gasteiger partial charge in [0.15, 0.2) is 0 Å². The molecule has 8 heteroatoms. The van der Waals surface area contributed by atoms with Gasteiger partial charge in [-0.3, -0.25) is 9.59 Å². The highest BCUT2D eigenvalue weighted by molar-refractivity contribution is 9.10. The zero-order valence-corrected chi connectivity index (χ0v) is 17.2. The lowest BCUT2D eigenvalue weighted by atomic mass is 10.2. The van der Waals surface area contributed by atoms with Gasteiger partial charge in [0.2, 0.25) is 0 Å². The second kappa shape index (κ2) is 8.99. The second-order valence-corrected chi connectivity index (χ2v) is 6.95.